The summed E-state index contributed by atoms with van der Waals surface area (Å²) in [7, 11) is 1.86. The van der Waals surface area contributed by atoms with Crippen molar-refractivity contribution in [1.82, 2.24) is 15.6 Å². The molecule has 1 fully saturated rings. The molecule has 9 nitrogen and oxygen atoms in total. The number of unbranched alkanes of at least 4 members (excludes halogenated alkanes) is 4. The number of carboxylic acids is 1. The van der Waals surface area contributed by atoms with E-state index in [0.717, 1.165) is 57.1 Å². The van der Waals surface area contributed by atoms with Crippen molar-refractivity contribution in [3.8, 4) is 0 Å². The number of nitrogens with one attached hydrogen (secondary N) is 3. The summed E-state index contributed by atoms with van der Waals surface area (Å²) in [6.07, 6.45) is 22.9. The van der Waals surface area contributed by atoms with Crippen molar-refractivity contribution >= 4 is 5.97 Å². The first-order chi connectivity index (χ1) is 24.1. The molecule has 0 radical (unpaired) electrons. The lowest BCUT2D eigenvalue weighted by molar-refractivity contribution is -0.148. The number of rotatable bonds is 22. The Hall–Kier alpha value is -2.59. The van der Waals surface area contributed by atoms with Gasteiger partial charge in [-0.3, -0.25) is 4.79 Å². The molecule has 1 saturated carbocycles. The van der Waals surface area contributed by atoms with Gasteiger partial charge in [0.1, 0.15) is 0 Å². The van der Waals surface area contributed by atoms with Gasteiger partial charge in [-0.05, 0) is 112 Å². The monoisotopic (exact) mass is 697 g/mol. The van der Waals surface area contributed by atoms with Crippen LogP contribution in [0.1, 0.15) is 115 Å². The molecule has 282 valence electrons. The molecule has 3 aliphatic rings. The number of nitrogens with two attached hydrogens (primary N) is 1. The molecular weight excluding hydrogens is 628 g/mol. The van der Waals surface area contributed by atoms with Gasteiger partial charge < -0.3 is 41.8 Å². The molecule has 50 heavy (non-hydrogen) atoms. The molecule has 4 rings (SSSR count). The van der Waals surface area contributed by atoms with Crippen LogP contribution in [-0.4, -0.2) is 69.3 Å². The fraction of sp³-hybridized carbons (Fsp3) is 0.732. The van der Waals surface area contributed by atoms with Crippen LogP contribution in [0.3, 0.4) is 0 Å². The van der Waals surface area contributed by atoms with Gasteiger partial charge in [0.2, 0.25) is 0 Å². The van der Waals surface area contributed by atoms with Crippen LogP contribution in [0, 0.1) is 35.5 Å². The van der Waals surface area contributed by atoms with Crippen LogP contribution in [0.4, 0.5) is 0 Å². The Kier molecular flexibility index (Phi) is 16.0. The molecule has 9 N–H and O–H groups in total. The molecule has 1 aliphatic heterocycles. The second-order valence-corrected chi connectivity index (χ2v) is 15.8. The lowest BCUT2D eigenvalue weighted by atomic mass is 9.73. The predicted molar refractivity (Wildman–Crippen MR) is 201 cm³/mol. The minimum absolute atomic E-state index is 0.0378. The Morgan fingerprint density at radius 1 is 1.10 bits per heavy atom. The number of carboxylic acid groups (broad SMARTS) is 1. The average Bonchev–Trinajstić information content (AvgIpc) is 3.67. The molecule has 1 aromatic rings. The smallest absolute Gasteiger partial charge is 0.309 e. The lowest BCUT2D eigenvalue weighted by Crippen LogP contribution is -2.48. The van der Waals surface area contributed by atoms with Gasteiger partial charge in [-0.1, -0.05) is 70.6 Å². The van der Waals surface area contributed by atoms with E-state index in [2.05, 4.69) is 53.8 Å². The number of aromatic nitrogens is 1. The van der Waals surface area contributed by atoms with E-state index < -0.39 is 23.6 Å². The Labute approximate surface area is 301 Å². The number of aliphatic hydroxyl groups is 3. The molecule has 2 heterocycles. The average molecular weight is 697 g/mol. The molecule has 9 heteroatoms. The molecule has 0 unspecified atom stereocenters. The van der Waals surface area contributed by atoms with Crippen molar-refractivity contribution in [2.24, 2.45) is 41.2 Å². The van der Waals surface area contributed by atoms with Gasteiger partial charge >= 0.3 is 5.97 Å². The summed E-state index contributed by atoms with van der Waals surface area (Å²) in [6.45, 7) is 5.53. The standard InChI is InChI=1S/C41H68N4O5/c1-4-6-8-11-29-14-15-32(37(46)21-29)12-9-7-10-13-36(40(48)49)38(47)24-34(27-43-3)41(50)25-31(18-30-16-17-44-39(42)22-30)19-33(41)23-35-20-28(5-2)26-45-35/h14-16,20,22,26,29,31-34,36-38,43-47,50H,4-13,17-19,21,23-25,27,42H2,1-3H3,(H,48,49)/t29-,31-,32-,33+,34+,36+,37-,38-,41+/m1/s1. The summed E-state index contributed by atoms with van der Waals surface area (Å²) in [5, 5.41) is 51.5. The van der Waals surface area contributed by atoms with Crippen LogP contribution < -0.4 is 16.4 Å². The number of H-pyrrole nitrogens is 1. The van der Waals surface area contributed by atoms with Crippen molar-refractivity contribution in [2.75, 3.05) is 20.1 Å². The number of aryl methyl sites for hydroxylation is 1. The highest BCUT2D eigenvalue weighted by atomic mass is 16.4. The van der Waals surface area contributed by atoms with E-state index in [1.165, 1.54) is 30.4 Å². The fourth-order valence-corrected chi connectivity index (χ4v) is 9.12. The molecule has 0 aromatic carbocycles. The normalized spacial score (nSPS) is 28.5. The summed E-state index contributed by atoms with van der Waals surface area (Å²) < 4.78 is 0. The maximum atomic E-state index is 12.6. The third kappa shape index (κ3) is 11.5. The van der Waals surface area contributed by atoms with Crippen LogP contribution in [0.5, 0.6) is 0 Å². The number of dihydropyridines is 1. The summed E-state index contributed by atoms with van der Waals surface area (Å²) >= 11 is 0. The summed E-state index contributed by atoms with van der Waals surface area (Å²) in [5.41, 5.74) is 8.52. The van der Waals surface area contributed by atoms with E-state index in [0.29, 0.717) is 50.5 Å². The number of aliphatic hydroxyl groups excluding tert-OH is 2. The van der Waals surface area contributed by atoms with Crippen molar-refractivity contribution in [1.29, 1.82) is 0 Å². The molecule has 1 aromatic heterocycles. The highest BCUT2D eigenvalue weighted by molar-refractivity contribution is 5.70. The SMILES string of the molecule is CCCCC[C@@H]1C=C[C@@H](CCCCC[C@H](C(=O)O)[C@H](O)C[C@@H](CNC)[C@]2(O)C[C@H](CC3=CCNC(N)=C3)C[C@H]2Cc2cc(CC)c[nH]2)[C@H](O)C1. The van der Waals surface area contributed by atoms with Crippen molar-refractivity contribution in [2.45, 2.75) is 134 Å². The zero-order valence-electron chi connectivity index (χ0n) is 31.1. The molecule has 0 spiro atoms. The number of allylic oxidation sites excluding steroid dienone is 3. The Morgan fingerprint density at radius 3 is 2.58 bits per heavy atom. The molecule has 0 bridgehead atoms. The van der Waals surface area contributed by atoms with Gasteiger partial charge in [0, 0.05) is 36.8 Å². The van der Waals surface area contributed by atoms with Crippen LogP contribution in [0.25, 0.3) is 0 Å². The predicted octanol–water partition coefficient (Wildman–Crippen LogP) is 5.97. The largest absolute Gasteiger partial charge is 0.481 e. The molecule has 2 aliphatic carbocycles. The minimum atomic E-state index is -1.07. The lowest BCUT2D eigenvalue weighted by Gasteiger charge is -2.40. The topological polar surface area (TPSA) is 164 Å². The zero-order chi connectivity index (χ0) is 36.1. The second kappa shape index (κ2) is 19.9. The van der Waals surface area contributed by atoms with Crippen LogP contribution >= 0.6 is 0 Å². The van der Waals surface area contributed by atoms with E-state index >= 15 is 0 Å². The van der Waals surface area contributed by atoms with Gasteiger partial charge in [-0.2, -0.15) is 0 Å². The van der Waals surface area contributed by atoms with Gasteiger partial charge in [0.15, 0.2) is 0 Å². The zero-order valence-corrected chi connectivity index (χ0v) is 31.1. The summed E-state index contributed by atoms with van der Waals surface area (Å²) in [5.74, 6) is -0.658. The molecular formula is C41H68N4O5. The van der Waals surface area contributed by atoms with Gasteiger partial charge in [-0.25, -0.2) is 0 Å². The minimum Gasteiger partial charge on any atom is -0.481 e. The third-order valence-electron chi connectivity index (χ3n) is 12.0. The first kappa shape index (κ1) is 40.2. The molecule has 9 atom stereocenters. The summed E-state index contributed by atoms with van der Waals surface area (Å²) in [4.78, 5) is 15.9. The quantitative estimate of drug-likeness (QED) is 0.0543. The summed E-state index contributed by atoms with van der Waals surface area (Å²) in [6, 6.07) is 2.19. The maximum Gasteiger partial charge on any atom is 0.309 e. The first-order valence-electron chi connectivity index (χ1n) is 19.8. The van der Waals surface area contributed by atoms with Crippen molar-refractivity contribution < 1.29 is 25.2 Å². The number of aliphatic carboxylic acids is 1. The van der Waals surface area contributed by atoms with Gasteiger partial charge in [0.05, 0.1) is 29.5 Å². The van der Waals surface area contributed by atoms with Crippen LogP contribution in [0.2, 0.25) is 0 Å². The van der Waals surface area contributed by atoms with E-state index in [1.54, 1.807) is 0 Å². The first-order valence-corrected chi connectivity index (χ1v) is 19.8. The van der Waals surface area contributed by atoms with Gasteiger partial charge in [-0.15, -0.1) is 0 Å². The van der Waals surface area contributed by atoms with Crippen molar-refractivity contribution in [3.63, 3.8) is 0 Å². The third-order valence-corrected chi connectivity index (χ3v) is 12.0. The molecule has 0 saturated heterocycles. The van der Waals surface area contributed by atoms with E-state index in [9.17, 15) is 25.2 Å². The van der Waals surface area contributed by atoms with Gasteiger partial charge in [0.25, 0.3) is 0 Å². The fourth-order valence-electron chi connectivity index (χ4n) is 9.12. The van der Waals surface area contributed by atoms with E-state index in [4.69, 9.17) is 5.73 Å². The Balaban J connectivity index is 1.36. The highest BCUT2D eigenvalue weighted by Crippen LogP contribution is 2.49. The highest BCUT2D eigenvalue weighted by Gasteiger charge is 2.51. The van der Waals surface area contributed by atoms with Crippen LogP contribution in [-0.2, 0) is 17.6 Å². The number of carbonyl (C=O) groups is 1. The Bertz CT molecular complexity index is 1280. The Morgan fingerprint density at radius 2 is 1.90 bits per heavy atom. The van der Waals surface area contributed by atoms with E-state index in [1.807, 2.05) is 19.3 Å². The maximum absolute atomic E-state index is 12.6. The van der Waals surface area contributed by atoms with Crippen LogP contribution in [0.15, 0.2) is 48.0 Å². The number of hydrogen-bond donors (Lipinski definition) is 8. The van der Waals surface area contributed by atoms with Crippen molar-refractivity contribution in [3.05, 3.63) is 59.2 Å². The number of hydrogen-bond acceptors (Lipinski definition) is 7. The molecule has 0 amide bonds. The second-order valence-electron chi connectivity index (χ2n) is 15.8. The number of aromatic amines is 1. The van der Waals surface area contributed by atoms with E-state index in [-0.39, 0.29) is 36.2 Å².